The van der Waals surface area contributed by atoms with Gasteiger partial charge in [-0.3, -0.25) is 5.84 Å². The molecule has 19 heavy (non-hydrogen) atoms. The van der Waals surface area contributed by atoms with Gasteiger partial charge in [0.05, 0.1) is 18.9 Å². The number of ether oxygens (including phenoxy) is 1. The SMILES string of the molecule is Cc1cc(C(NN)c2cccc3c2OCCC3)co1. The second-order valence-corrected chi connectivity index (χ2v) is 4.88. The highest BCUT2D eigenvalue weighted by Crippen LogP contribution is 2.35. The van der Waals surface area contributed by atoms with Crippen LogP contribution in [0.3, 0.4) is 0 Å². The van der Waals surface area contributed by atoms with Gasteiger partial charge in [0.2, 0.25) is 0 Å². The van der Waals surface area contributed by atoms with Crippen LogP contribution in [0.5, 0.6) is 5.75 Å². The van der Waals surface area contributed by atoms with E-state index in [2.05, 4.69) is 23.6 Å². The first-order valence-electron chi connectivity index (χ1n) is 6.55. The van der Waals surface area contributed by atoms with Gasteiger partial charge in [-0.1, -0.05) is 18.2 Å². The molecule has 4 heteroatoms. The molecule has 100 valence electrons. The van der Waals surface area contributed by atoms with Gasteiger partial charge in [-0.05, 0) is 31.4 Å². The summed E-state index contributed by atoms with van der Waals surface area (Å²) in [4.78, 5) is 0. The second-order valence-electron chi connectivity index (χ2n) is 4.88. The Morgan fingerprint density at radius 3 is 3.00 bits per heavy atom. The number of hydrazine groups is 1. The van der Waals surface area contributed by atoms with Crippen molar-refractivity contribution in [2.75, 3.05) is 6.61 Å². The molecule has 0 fully saturated rings. The van der Waals surface area contributed by atoms with Gasteiger partial charge >= 0.3 is 0 Å². The molecule has 2 aromatic rings. The Morgan fingerprint density at radius 1 is 1.37 bits per heavy atom. The first kappa shape index (κ1) is 12.3. The largest absolute Gasteiger partial charge is 0.493 e. The van der Waals surface area contributed by atoms with Crippen molar-refractivity contribution in [2.24, 2.45) is 5.84 Å². The summed E-state index contributed by atoms with van der Waals surface area (Å²) < 4.78 is 11.2. The predicted octanol–water partition coefficient (Wildman–Crippen LogP) is 2.47. The van der Waals surface area contributed by atoms with E-state index >= 15 is 0 Å². The standard InChI is InChI=1S/C15H18N2O2/c1-10-8-12(9-19-10)14(17-16)13-6-2-4-11-5-3-7-18-15(11)13/h2,4,6,8-9,14,17H,3,5,7,16H2,1H3. The van der Waals surface area contributed by atoms with E-state index in [9.17, 15) is 0 Å². The van der Waals surface area contributed by atoms with Crippen LogP contribution in [0.25, 0.3) is 0 Å². The molecule has 0 amide bonds. The van der Waals surface area contributed by atoms with Crippen molar-refractivity contribution >= 4 is 0 Å². The quantitative estimate of drug-likeness (QED) is 0.656. The highest BCUT2D eigenvalue weighted by molar-refractivity contribution is 5.47. The van der Waals surface area contributed by atoms with Crippen LogP contribution in [0, 0.1) is 6.92 Å². The lowest BCUT2D eigenvalue weighted by Crippen LogP contribution is -2.29. The monoisotopic (exact) mass is 258 g/mol. The number of fused-ring (bicyclic) bond motifs is 1. The van der Waals surface area contributed by atoms with E-state index in [1.54, 1.807) is 6.26 Å². The van der Waals surface area contributed by atoms with Crippen molar-refractivity contribution in [3.8, 4) is 5.75 Å². The van der Waals surface area contributed by atoms with Crippen LogP contribution in [0.2, 0.25) is 0 Å². The molecule has 0 saturated carbocycles. The van der Waals surface area contributed by atoms with Crippen LogP contribution in [0.15, 0.2) is 34.9 Å². The Morgan fingerprint density at radius 2 is 2.26 bits per heavy atom. The van der Waals surface area contributed by atoms with Gasteiger partial charge in [0.15, 0.2) is 0 Å². The van der Waals surface area contributed by atoms with Gasteiger partial charge in [0.1, 0.15) is 11.5 Å². The van der Waals surface area contributed by atoms with Gasteiger partial charge in [0.25, 0.3) is 0 Å². The van der Waals surface area contributed by atoms with Crippen LogP contribution in [0.1, 0.15) is 34.9 Å². The van der Waals surface area contributed by atoms with Gasteiger partial charge in [0, 0.05) is 11.1 Å². The van der Waals surface area contributed by atoms with Gasteiger partial charge in [-0.25, -0.2) is 5.43 Å². The summed E-state index contributed by atoms with van der Waals surface area (Å²) in [6.45, 7) is 2.69. The summed E-state index contributed by atoms with van der Waals surface area (Å²) in [5, 5.41) is 0. The molecular formula is C15H18N2O2. The molecule has 1 atom stereocenters. The number of rotatable bonds is 3. The van der Waals surface area contributed by atoms with Crippen molar-refractivity contribution in [3.63, 3.8) is 0 Å². The molecule has 2 heterocycles. The normalized spacial score (nSPS) is 15.7. The lowest BCUT2D eigenvalue weighted by Gasteiger charge is -2.24. The Labute approximate surface area is 112 Å². The fourth-order valence-electron chi connectivity index (χ4n) is 2.62. The van der Waals surface area contributed by atoms with E-state index < -0.39 is 0 Å². The summed E-state index contributed by atoms with van der Waals surface area (Å²) in [6.07, 6.45) is 3.87. The maximum atomic E-state index is 5.84. The zero-order valence-corrected chi connectivity index (χ0v) is 11.0. The Hall–Kier alpha value is -1.78. The number of nitrogens with one attached hydrogen (secondary N) is 1. The van der Waals surface area contributed by atoms with Crippen LogP contribution in [-0.2, 0) is 6.42 Å². The molecule has 1 aromatic carbocycles. The molecule has 0 bridgehead atoms. The van der Waals surface area contributed by atoms with Crippen molar-refractivity contribution in [1.82, 2.24) is 5.43 Å². The second kappa shape index (κ2) is 5.07. The van der Waals surface area contributed by atoms with E-state index in [0.29, 0.717) is 0 Å². The van der Waals surface area contributed by atoms with Crippen LogP contribution in [-0.4, -0.2) is 6.61 Å². The minimum Gasteiger partial charge on any atom is -0.493 e. The lowest BCUT2D eigenvalue weighted by atomic mass is 9.95. The molecule has 0 aliphatic carbocycles. The van der Waals surface area contributed by atoms with E-state index in [1.807, 2.05) is 13.0 Å². The van der Waals surface area contributed by atoms with Gasteiger partial charge in [-0.15, -0.1) is 0 Å². The number of aryl methyl sites for hydroxylation is 2. The predicted molar refractivity (Wildman–Crippen MR) is 72.9 cm³/mol. The highest BCUT2D eigenvalue weighted by Gasteiger charge is 2.22. The van der Waals surface area contributed by atoms with Crippen molar-refractivity contribution in [3.05, 3.63) is 53.0 Å². The summed E-state index contributed by atoms with van der Waals surface area (Å²) in [5.74, 6) is 7.58. The van der Waals surface area contributed by atoms with Crippen molar-refractivity contribution in [1.29, 1.82) is 0 Å². The average Bonchev–Trinajstić information content (AvgIpc) is 2.86. The van der Waals surface area contributed by atoms with Crippen LogP contribution >= 0.6 is 0 Å². The van der Waals surface area contributed by atoms with E-state index in [0.717, 1.165) is 42.1 Å². The van der Waals surface area contributed by atoms with Crippen molar-refractivity contribution in [2.45, 2.75) is 25.8 Å². The maximum Gasteiger partial charge on any atom is 0.127 e. The minimum atomic E-state index is -0.106. The van der Waals surface area contributed by atoms with Gasteiger partial charge < -0.3 is 9.15 Å². The fourth-order valence-corrected chi connectivity index (χ4v) is 2.62. The lowest BCUT2D eigenvalue weighted by molar-refractivity contribution is 0.283. The molecule has 1 aromatic heterocycles. The van der Waals surface area contributed by atoms with Crippen LogP contribution < -0.4 is 16.0 Å². The van der Waals surface area contributed by atoms with Gasteiger partial charge in [-0.2, -0.15) is 0 Å². The Balaban J connectivity index is 2.04. The molecule has 4 nitrogen and oxygen atoms in total. The van der Waals surface area contributed by atoms with E-state index in [1.165, 1.54) is 5.56 Å². The number of nitrogens with two attached hydrogens (primary N) is 1. The van der Waals surface area contributed by atoms with Crippen molar-refractivity contribution < 1.29 is 9.15 Å². The third-order valence-electron chi connectivity index (χ3n) is 3.53. The Kier molecular flexibility index (Phi) is 3.27. The molecule has 0 radical (unpaired) electrons. The third kappa shape index (κ3) is 2.25. The number of benzene rings is 1. The molecule has 1 aliphatic rings. The third-order valence-corrected chi connectivity index (χ3v) is 3.53. The first-order chi connectivity index (χ1) is 9.29. The molecule has 3 N–H and O–H groups in total. The molecule has 0 spiro atoms. The van der Waals surface area contributed by atoms with E-state index in [4.69, 9.17) is 15.0 Å². The summed E-state index contributed by atoms with van der Waals surface area (Å²) in [5.41, 5.74) is 6.20. The Bertz CT molecular complexity index is 577. The number of para-hydroxylation sites is 1. The fraction of sp³-hybridized carbons (Fsp3) is 0.333. The minimum absolute atomic E-state index is 0.106. The molecule has 1 aliphatic heterocycles. The van der Waals surface area contributed by atoms with E-state index in [-0.39, 0.29) is 6.04 Å². The molecule has 0 saturated heterocycles. The smallest absolute Gasteiger partial charge is 0.127 e. The summed E-state index contributed by atoms with van der Waals surface area (Å²) in [6, 6.07) is 8.11. The zero-order valence-electron chi connectivity index (χ0n) is 11.0. The maximum absolute atomic E-state index is 5.84. The topological polar surface area (TPSA) is 60.4 Å². The zero-order chi connectivity index (χ0) is 13.2. The molecular weight excluding hydrogens is 240 g/mol. The highest BCUT2D eigenvalue weighted by atomic mass is 16.5. The molecule has 1 unspecified atom stereocenters. The number of hydrogen-bond donors (Lipinski definition) is 2. The summed E-state index contributed by atoms with van der Waals surface area (Å²) >= 11 is 0. The average molecular weight is 258 g/mol. The number of hydrogen-bond acceptors (Lipinski definition) is 4. The van der Waals surface area contributed by atoms with Crippen LogP contribution in [0.4, 0.5) is 0 Å². The summed E-state index contributed by atoms with van der Waals surface area (Å²) in [7, 11) is 0. The molecule has 3 rings (SSSR count). The number of furan rings is 1. The first-order valence-corrected chi connectivity index (χ1v) is 6.55.